The number of hydrogen-bond acceptors (Lipinski definition) is 6. The third-order valence-corrected chi connectivity index (χ3v) is 8.98. The maximum absolute atomic E-state index is 15.0. The van der Waals surface area contributed by atoms with Gasteiger partial charge in [-0.1, -0.05) is 67.3 Å². The molecule has 0 radical (unpaired) electrons. The minimum atomic E-state index is -1.40. The van der Waals surface area contributed by atoms with Crippen molar-refractivity contribution >= 4 is 29.2 Å². The molecule has 7 rings (SSSR count). The Morgan fingerprint density at radius 2 is 1.68 bits per heavy atom. The van der Waals surface area contributed by atoms with Gasteiger partial charge in [0.1, 0.15) is 29.6 Å². The number of carbonyl (C=O) groups excluding carboxylic acids is 3. The van der Waals surface area contributed by atoms with Crippen molar-refractivity contribution < 1.29 is 23.9 Å². The zero-order chi connectivity index (χ0) is 30.4. The van der Waals surface area contributed by atoms with Crippen LogP contribution >= 0.6 is 0 Å². The molecule has 1 amide bonds. The van der Waals surface area contributed by atoms with Gasteiger partial charge in [0.2, 0.25) is 5.91 Å². The van der Waals surface area contributed by atoms with E-state index in [9.17, 15) is 9.59 Å². The summed E-state index contributed by atoms with van der Waals surface area (Å²) in [6, 6.07) is 27.5. The number of methoxy groups -OCH3 is 1. The molecular weight excluding hydrogens is 552 g/mol. The van der Waals surface area contributed by atoms with Gasteiger partial charge in [0.05, 0.1) is 19.1 Å². The van der Waals surface area contributed by atoms with E-state index in [0.29, 0.717) is 33.9 Å². The lowest BCUT2D eigenvalue weighted by molar-refractivity contribution is -0.122. The van der Waals surface area contributed by atoms with E-state index in [4.69, 9.17) is 9.47 Å². The molecule has 0 bridgehead atoms. The highest BCUT2D eigenvalue weighted by atomic mass is 16.5. The summed E-state index contributed by atoms with van der Waals surface area (Å²) < 4.78 is 11.1. The number of para-hydroxylation sites is 1. The number of hydrogen-bond donors (Lipinski definition) is 1. The van der Waals surface area contributed by atoms with E-state index in [1.807, 2.05) is 65.7 Å². The molecule has 44 heavy (non-hydrogen) atoms. The fourth-order valence-electron chi connectivity index (χ4n) is 7.17. The minimum absolute atomic E-state index is 0.256. The molecule has 1 saturated heterocycles. The highest BCUT2D eigenvalue weighted by molar-refractivity contribution is 6.16. The molecule has 1 fully saturated rings. The number of ether oxygens (including phenoxy) is 2. The maximum atomic E-state index is 15.0. The van der Waals surface area contributed by atoms with Crippen molar-refractivity contribution in [2.75, 3.05) is 19.0 Å². The minimum Gasteiger partial charge on any atom is -0.497 e. The van der Waals surface area contributed by atoms with Crippen molar-refractivity contribution in [1.82, 2.24) is 4.90 Å². The van der Waals surface area contributed by atoms with Crippen LogP contribution in [0.3, 0.4) is 0 Å². The summed E-state index contributed by atoms with van der Waals surface area (Å²) >= 11 is 0. The molecule has 1 spiro atoms. The van der Waals surface area contributed by atoms with Crippen LogP contribution in [-0.4, -0.2) is 42.1 Å². The van der Waals surface area contributed by atoms with Gasteiger partial charge in [0, 0.05) is 23.0 Å². The van der Waals surface area contributed by atoms with Crippen molar-refractivity contribution in [2.24, 2.45) is 5.92 Å². The van der Waals surface area contributed by atoms with Gasteiger partial charge >= 0.3 is 0 Å². The van der Waals surface area contributed by atoms with Crippen LogP contribution in [0.1, 0.15) is 43.4 Å². The Kier molecular flexibility index (Phi) is 6.66. The van der Waals surface area contributed by atoms with E-state index in [1.54, 1.807) is 61.7 Å². The van der Waals surface area contributed by atoms with Gasteiger partial charge in [0.15, 0.2) is 11.6 Å². The maximum Gasteiger partial charge on any atom is 0.238 e. The van der Waals surface area contributed by atoms with Gasteiger partial charge in [0.25, 0.3) is 0 Å². The van der Waals surface area contributed by atoms with Crippen LogP contribution in [0.5, 0.6) is 11.5 Å². The summed E-state index contributed by atoms with van der Waals surface area (Å²) in [5.41, 5.74) is 2.54. The van der Waals surface area contributed by atoms with Crippen LogP contribution in [0.25, 0.3) is 6.08 Å². The normalized spacial score (nSPS) is 22.5. The van der Waals surface area contributed by atoms with Crippen LogP contribution in [0.2, 0.25) is 0 Å². The SMILES string of the molecule is C=CCOc1cccc(C(=O)C2C(C(=O)c3ccc(OC)cc3)N3C=Cc4ccccc4C3C23C(=O)Nc2ccccc23)c1. The average molecular weight is 583 g/mol. The van der Waals surface area contributed by atoms with Crippen LogP contribution < -0.4 is 14.8 Å². The van der Waals surface area contributed by atoms with Gasteiger partial charge in [-0.25, -0.2) is 0 Å². The first-order valence-electron chi connectivity index (χ1n) is 14.5. The first-order valence-corrected chi connectivity index (χ1v) is 14.5. The summed E-state index contributed by atoms with van der Waals surface area (Å²) in [6.45, 7) is 3.98. The molecular formula is C37H30N2O5. The molecule has 0 aromatic heterocycles. The van der Waals surface area contributed by atoms with E-state index in [2.05, 4.69) is 11.9 Å². The Balaban J connectivity index is 1.49. The average Bonchev–Trinajstić information content (AvgIpc) is 3.55. The van der Waals surface area contributed by atoms with E-state index < -0.39 is 23.4 Å². The molecule has 0 saturated carbocycles. The quantitative estimate of drug-likeness (QED) is 0.196. The molecule has 4 atom stereocenters. The number of nitrogens with one attached hydrogen (secondary N) is 1. The second kappa shape index (κ2) is 10.7. The zero-order valence-electron chi connectivity index (χ0n) is 24.1. The number of fused-ring (bicyclic) bond motifs is 6. The Morgan fingerprint density at radius 1 is 0.909 bits per heavy atom. The number of nitrogens with zero attached hydrogens (tertiary/aromatic N) is 1. The summed E-state index contributed by atoms with van der Waals surface area (Å²) in [5, 5.41) is 3.08. The molecule has 1 N–H and O–H groups in total. The smallest absolute Gasteiger partial charge is 0.238 e. The third-order valence-electron chi connectivity index (χ3n) is 8.98. The number of ketones is 2. The van der Waals surface area contributed by atoms with E-state index in [0.717, 1.165) is 11.1 Å². The first kappa shape index (κ1) is 27.4. The number of Topliss-reactive ketones (excluding diaryl/α,β-unsaturated/α-hetero) is 2. The van der Waals surface area contributed by atoms with E-state index in [1.165, 1.54) is 0 Å². The van der Waals surface area contributed by atoms with Crippen molar-refractivity contribution in [3.63, 3.8) is 0 Å². The summed E-state index contributed by atoms with van der Waals surface area (Å²) in [6.07, 6.45) is 5.45. The van der Waals surface area contributed by atoms with Crippen molar-refractivity contribution in [3.8, 4) is 11.5 Å². The monoisotopic (exact) mass is 582 g/mol. The predicted octanol–water partition coefficient (Wildman–Crippen LogP) is 6.24. The standard InChI is InChI=1S/C37H30N2O5/c1-3-21-44-27-11-8-10-25(22-27)33(40)31-32(34(41)24-15-17-26(43-2)18-16-24)39-20-19-23-9-4-5-12-28(23)35(39)37(31)29-13-6-7-14-30(29)38-36(37)42/h3-20,22,31-32,35H,1,21H2,2H3,(H,38,42). The molecule has 4 aromatic carbocycles. The van der Waals surface area contributed by atoms with Gasteiger partial charge < -0.3 is 19.7 Å². The summed E-state index contributed by atoms with van der Waals surface area (Å²) in [5.74, 6) is -0.832. The lowest BCUT2D eigenvalue weighted by Crippen LogP contribution is -2.49. The number of rotatable bonds is 8. The second-order valence-corrected chi connectivity index (χ2v) is 11.2. The van der Waals surface area contributed by atoms with Crippen molar-refractivity contribution in [1.29, 1.82) is 0 Å². The van der Waals surface area contributed by atoms with Gasteiger partial charge in [-0.15, -0.1) is 0 Å². The molecule has 0 aliphatic carbocycles. The fraction of sp³-hybridized carbons (Fsp3) is 0.162. The first-order chi connectivity index (χ1) is 21.5. The van der Waals surface area contributed by atoms with E-state index >= 15 is 4.79 Å². The summed E-state index contributed by atoms with van der Waals surface area (Å²) in [7, 11) is 1.57. The number of amides is 1. The van der Waals surface area contributed by atoms with Gasteiger partial charge in [-0.2, -0.15) is 0 Å². The third kappa shape index (κ3) is 4.00. The molecule has 4 unspecified atom stereocenters. The number of benzene rings is 4. The predicted molar refractivity (Wildman–Crippen MR) is 168 cm³/mol. The molecule has 3 aliphatic rings. The van der Waals surface area contributed by atoms with Gasteiger partial charge in [-0.3, -0.25) is 14.4 Å². The van der Waals surface area contributed by atoms with Crippen LogP contribution in [0.4, 0.5) is 5.69 Å². The zero-order valence-corrected chi connectivity index (χ0v) is 24.1. The molecule has 4 aromatic rings. The molecule has 7 heteroatoms. The number of carbonyl (C=O) groups is 3. The Morgan fingerprint density at radius 3 is 2.48 bits per heavy atom. The highest BCUT2D eigenvalue weighted by Gasteiger charge is 2.70. The van der Waals surface area contributed by atoms with Gasteiger partial charge in [-0.05, 0) is 65.2 Å². The Hall–Kier alpha value is -5.43. The van der Waals surface area contributed by atoms with Crippen LogP contribution in [-0.2, 0) is 10.2 Å². The van der Waals surface area contributed by atoms with Crippen molar-refractivity contribution in [2.45, 2.75) is 17.5 Å². The largest absolute Gasteiger partial charge is 0.497 e. The van der Waals surface area contributed by atoms with Crippen LogP contribution in [0, 0.1) is 5.92 Å². The lowest BCUT2D eigenvalue weighted by Gasteiger charge is -2.38. The molecule has 218 valence electrons. The lowest BCUT2D eigenvalue weighted by atomic mass is 9.62. The van der Waals surface area contributed by atoms with Crippen LogP contribution in [0.15, 0.2) is 116 Å². The van der Waals surface area contributed by atoms with Crippen molar-refractivity contribution in [3.05, 3.63) is 144 Å². The van der Waals surface area contributed by atoms with E-state index in [-0.39, 0.29) is 24.1 Å². The number of anilines is 1. The Labute approximate surface area is 255 Å². The molecule has 3 heterocycles. The fourth-order valence-corrected chi connectivity index (χ4v) is 7.17. The molecule has 7 nitrogen and oxygen atoms in total. The topological polar surface area (TPSA) is 84.9 Å². The second-order valence-electron chi connectivity index (χ2n) is 11.2. The Bertz CT molecular complexity index is 1840. The highest BCUT2D eigenvalue weighted by Crippen LogP contribution is 2.62. The molecule has 3 aliphatic heterocycles. The summed E-state index contributed by atoms with van der Waals surface area (Å²) in [4.78, 5) is 46.2.